The van der Waals surface area contributed by atoms with Crippen LogP contribution in [0.3, 0.4) is 0 Å². The number of hydrogen-bond acceptors (Lipinski definition) is 3. The van der Waals surface area contributed by atoms with Gasteiger partial charge in [0.25, 0.3) is 5.91 Å². The first kappa shape index (κ1) is 15.7. The molecule has 1 unspecified atom stereocenters. The number of ether oxygens (including phenoxy) is 1. The van der Waals surface area contributed by atoms with Gasteiger partial charge in [0.1, 0.15) is 11.6 Å². The second kappa shape index (κ2) is 6.85. The Morgan fingerprint density at radius 3 is 2.55 bits per heavy atom. The number of hydrogen-bond donors (Lipinski definition) is 1. The van der Waals surface area contributed by atoms with E-state index < -0.39 is 17.8 Å². The van der Waals surface area contributed by atoms with Gasteiger partial charge in [0.15, 0.2) is 11.9 Å². The van der Waals surface area contributed by atoms with Crippen molar-refractivity contribution in [3.05, 3.63) is 59.9 Å². The number of nitrogens with one attached hydrogen (secondary N) is 1. The second-order valence-electron chi connectivity index (χ2n) is 4.84. The average Bonchev–Trinajstić information content (AvgIpc) is 2.47. The monoisotopic (exact) mass is 301 g/mol. The SMILES string of the molecule is CC(=O)c1cccc(OC(C)C(=O)Nc2cccc(F)c2)c1. The number of anilines is 1. The molecule has 0 saturated carbocycles. The maximum atomic E-state index is 13.1. The van der Waals surface area contributed by atoms with E-state index in [9.17, 15) is 14.0 Å². The molecule has 1 amide bonds. The number of rotatable bonds is 5. The van der Waals surface area contributed by atoms with Crippen molar-refractivity contribution < 1.29 is 18.7 Å². The molecule has 2 aromatic rings. The molecule has 114 valence electrons. The van der Waals surface area contributed by atoms with Gasteiger partial charge in [-0.1, -0.05) is 18.2 Å². The predicted octanol–water partition coefficient (Wildman–Crippen LogP) is 3.43. The first-order chi connectivity index (χ1) is 10.5. The molecule has 1 N–H and O–H groups in total. The van der Waals surface area contributed by atoms with Gasteiger partial charge >= 0.3 is 0 Å². The first-order valence-electron chi connectivity index (χ1n) is 6.80. The molecule has 0 spiro atoms. The molecule has 0 fully saturated rings. The van der Waals surface area contributed by atoms with Crippen molar-refractivity contribution in [3.63, 3.8) is 0 Å². The van der Waals surface area contributed by atoms with Gasteiger partial charge < -0.3 is 10.1 Å². The van der Waals surface area contributed by atoms with Gasteiger partial charge in [0.2, 0.25) is 0 Å². The Balaban J connectivity index is 2.02. The van der Waals surface area contributed by atoms with Crippen molar-refractivity contribution in [1.29, 1.82) is 0 Å². The lowest BCUT2D eigenvalue weighted by molar-refractivity contribution is -0.122. The van der Waals surface area contributed by atoms with Gasteiger partial charge in [-0.05, 0) is 44.2 Å². The summed E-state index contributed by atoms with van der Waals surface area (Å²) in [5, 5.41) is 2.57. The van der Waals surface area contributed by atoms with Crippen LogP contribution in [-0.2, 0) is 4.79 Å². The second-order valence-corrected chi connectivity index (χ2v) is 4.84. The Hall–Kier alpha value is -2.69. The fourth-order valence-corrected chi connectivity index (χ4v) is 1.86. The molecule has 0 aliphatic heterocycles. The smallest absolute Gasteiger partial charge is 0.265 e. The summed E-state index contributed by atoms with van der Waals surface area (Å²) in [6.45, 7) is 3.04. The van der Waals surface area contributed by atoms with E-state index in [2.05, 4.69) is 5.32 Å². The topological polar surface area (TPSA) is 55.4 Å². The zero-order valence-corrected chi connectivity index (χ0v) is 12.3. The Morgan fingerprint density at radius 2 is 1.86 bits per heavy atom. The van der Waals surface area contributed by atoms with Crippen LogP contribution in [0.1, 0.15) is 24.2 Å². The highest BCUT2D eigenvalue weighted by Crippen LogP contribution is 2.16. The molecule has 0 radical (unpaired) electrons. The Morgan fingerprint density at radius 1 is 1.14 bits per heavy atom. The third-order valence-corrected chi connectivity index (χ3v) is 3.01. The number of carbonyl (C=O) groups is 2. The van der Waals surface area contributed by atoms with Gasteiger partial charge in [-0.15, -0.1) is 0 Å². The minimum atomic E-state index is -0.787. The number of carbonyl (C=O) groups excluding carboxylic acids is 2. The molecule has 1 atom stereocenters. The van der Waals surface area contributed by atoms with Crippen molar-refractivity contribution in [2.24, 2.45) is 0 Å². The van der Waals surface area contributed by atoms with Crippen molar-refractivity contribution in [1.82, 2.24) is 0 Å². The van der Waals surface area contributed by atoms with E-state index in [-0.39, 0.29) is 5.78 Å². The molecule has 0 bridgehead atoms. The number of ketones is 1. The largest absolute Gasteiger partial charge is 0.481 e. The molecule has 2 rings (SSSR count). The normalized spacial score (nSPS) is 11.6. The molecule has 0 aliphatic rings. The van der Waals surface area contributed by atoms with Gasteiger partial charge in [0.05, 0.1) is 0 Å². The van der Waals surface area contributed by atoms with Gasteiger partial charge in [-0.2, -0.15) is 0 Å². The summed E-state index contributed by atoms with van der Waals surface area (Å²) in [6, 6.07) is 12.2. The van der Waals surface area contributed by atoms with Crippen LogP contribution in [0, 0.1) is 5.82 Å². The first-order valence-corrected chi connectivity index (χ1v) is 6.80. The van der Waals surface area contributed by atoms with Crippen LogP contribution >= 0.6 is 0 Å². The summed E-state index contributed by atoms with van der Waals surface area (Å²) in [6.07, 6.45) is -0.787. The molecular weight excluding hydrogens is 285 g/mol. The fraction of sp³-hybridized carbons (Fsp3) is 0.176. The van der Waals surface area contributed by atoms with Gasteiger partial charge in [0, 0.05) is 11.3 Å². The molecule has 22 heavy (non-hydrogen) atoms. The lowest BCUT2D eigenvalue weighted by Gasteiger charge is -2.15. The maximum Gasteiger partial charge on any atom is 0.265 e. The lowest BCUT2D eigenvalue weighted by Crippen LogP contribution is -2.30. The van der Waals surface area contributed by atoms with Crippen LogP contribution in [0.15, 0.2) is 48.5 Å². The Bertz CT molecular complexity index is 700. The Kier molecular flexibility index (Phi) is 4.88. The van der Waals surface area contributed by atoms with Crippen LogP contribution in [0.25, 0.3) is 0 Å². The Labute approximate surface area is 127 Å². The molecule has 0 heterocycles. The molecule has 0 aliphatic carbocycles. The molecule has 0 saturated heterocycles. The molecule has 0 aromatic heterocycles. The number of Topliss-reactive ketones (excluding diaryl/α,β-unsaturated/α-hetero) is 1. The standard InChI is InChI=1S/C17H16FNO3/c1-11(20)13-5-3-8-16(9-13)22-12(2)17(21)19-15-7-4-6-14(18)10-15/h3-10,12H,1-2H3,(H,19,21). The summed E-state index contributed by atoms with van der Waals surface area (Å²) in [5.74, 6) is -0.490. The summed E-state index contributed by atoms with van der Waals surface area (Å²) < 4.78 is 18.6. The number of halogens is 1. The number of amides is 1. The van der Waals surface area contributed by atoms with E-state index >= 15 is 0 Å². The van der Waals surface area contributed by atoms with E-state index in [1.165, 1.54) is 25.1 Å². The van der Waals surface area contributed by atoms with Gasteiger partial charge in [-0.25, -0.2) is 4.39 Å². The van der Waals surface area contributed by atoms with Crippen LogP contribution < -0.4 is 10.1 Å². The van der Waals surface area contributed by atoms with E-state index in [1.807, 2.05) is 0 Å². The van der Waals surface area contributed by atoms with Crippen LogP contribution in [0.4, 0.5) is 10.1 Å². The van der Waals surface area contributed by atoms with Gasteiger partial charge in [-0.3, -0.25) is 9.59 Å². The van der Waals surface area contributed by atoms with Crippen molar-refractivity contribution in [2.75, 3.05) is 5.32 Å². The quantitative estimate of drug-likeness (QED) is 0.861. The molecule has 4 nitrogen and oxygen atoms in total. The summed E-state index contributed by atoms with van der Waals surface area (Å²) in [7, 11) is 0. The summed E-state index contributed by atoms with van der Waals surface area (Å²) >= 11 is 0. The zero-order valence-electron chi connectivity index (χ0n) is 12.3. The van der Waals surface area contributed by atoms with Crippen molar-refractivity contribution in [2.45, 2.75) is 20.0 Å². The summed E-state index contributed by atoms with van der Waals surface area (Å²) in [4.78, 5) is 23.3. The molecule has 5 heteroatoms. The summed E-state index contributed by atoms with van der Waals surface area (Å²) in [5.41, 5.74) is 0.869. The molecular formula is C17H16FNO3. The molecule has 2 aromatic carbocycles. The highest BCUT2D eigenvalue weighted by atomic mass is 19.1. The zero-order chi connectivity index (χ0) is 16.1. The minimum Gasteiger partial charge on any atom is -0.481 e. The van der Waals surface area contributed by atoms with Crippen LogP contribution in [-0.4, -0.2) is 17.8 Å². The van der Waals surface area contributed by atoms with Crippen LogP contribution in [0.2, 0.25) is 0 Å². The lowest BCUT2D eigenvalue weighted by atomic mass is 10.1. The van der Waals surface area contributed by atoms with E-state index in [4.69, 9.17) is 4.74 Å². The van der Waals surface area contributed by atoms with E-state index in [0.29, 0.717) is 17.0 Å². The third-order valence-electron chi connectivity index (χ3n) is 3.01. The highest BCUT2D eigenvalue weighted by Gasteiger charge is 2.15. The van der Waals surface area contributed by atoms with E-state index in [1.54, 1.807) is 37.3 Å². The fourth-order valence-electron chi connectivity index (χ4n) is 1.86. The minimum absolute atomic E-state index is 0.0812. The average molecular weight is 301 g/mol. The van der Waals surface area contributed by atoms with E-state index in [0.717, 1.165) is 0 Å². The predicted molar refractivity (Wildman–Crippen MR) is 81.6 cm³/mol. The number of benzene rings is 2. The third kappa shape index (κ3) is 4.15. The highest BCUT2D eigenvalue weighted by molar-refractivity contribution is 5.95. The van der Waals surface area contributed by atoms with Crippen molar-refractivity contribution in [3.8, 4) is 5.75 Å². The van der Waals surface area contributed by atoms with Crippen LogP contribution in [0.5, 0.6) is 5.75 Å². The van der Waals surface area contributed by atoms with Crippen molar-refractivity contribution >= 4 is 17.4 Å². The maximum absolute atomic E-state index is 13.1.